The van der Waals surface area contributed by atoms with Gasteiger partial charge in [-0.15, -0.1) is 0 Å². The van der Waals surface area contributed by atoms with E-state index in [0.717, 1.165) is 12.0 Å². The molecule has 0 aliphatic carbocycles. The summed E-state index contributed by atoms with van der Waals surface area (Å²) >= 11 is 0. The van der Waals surface area contributed by atoms with Crippen LogP contribution < -0.4 is 25.1 Å². The van der Waals surface area contributed by atoms with E-state index >= 15 is 0 Å². The van der Waals surface area contributed by atoms with Crippen molar-refractivity contribution < 1.29 is 33.3 Å². The van der Waals surface area contributed by atoms with Crippen molar-refractivity contribution in [1.29, 1.82) is 0 Å². The van der Waals surface area contributed by atoms with Crippen LogP contribution in [-0.4, -0.2) is 31.0 Å². The molecule has 0 saturated carbocycles. The molecule has 2 aromatic heterocycles. The third-order valence-electron chi connectivity index (χ3n) is 7.07. The molecule has 212 valence electrons. The molecule has 0 saturated heterocycles. The van der Waals surface area contributed by atoms with E-state index in [4.69, 9.17) is 23.0 Å². The van der Waals surface area contributed by atoms with E-state index in [0.29, 0.717) is 58.3 Å². The molecule has 1 unspecified atom stereocenters. The first kappa shape index (κ1) is 27.6. The number of ether oxygens (including phenoxy) is 3. The number of methoxy groups -OCH3 is 2. The Balaban J connectivity index is 0.000000166. The third-order valence-corrected chi connectivity index (χ3v) is 7.07. The van der Waals surface area contributed by atoms with Gasteiger partial charge in [-0.05, 0) is 55.5 Å². The molecular weight excluding hydrogens is 528 g/mol. The Kier molecular flexibility index (Phi) is 7.61. The second-order valence-electron chi connectivity index (χ2n) is 9.95. The summed E-state index contributed by atoms with van der Waals surface area (Å²) in [5.74, 6) is 2.38. The molecule has 0 spiro atoms. The molecule has 1 aliphatic rings. The summed E-state index contributed by atoms with van der Waals surface area (Å²) in [6, 6.07) is 13.2. The van der Waals surface area contributed by atoms with Gasteiger partial charge in [0.2, 0.25) is 11.2 Å². The Labute approximate surface area is 235 Å². The lowest BCUT2D eigenvalue weighted by Gasteiger charge is -2.11. The molecule has 3 heterocycles. The van der Waals surface area contributed by atoms with E-state index in [9.17, 15) is 19.8 Å². The van der Waals surface area contributed by atoms with Gasteiger partial charge in [-0.1, -0.05) is 19.1 Å². The van der Waals surface area contributed by atoms with Gasteiger partial charge in [-0.2, -0.15) is 0 Å². The van der Waals surface area contributed by atoms with Crippen LogP contribution in [0.2, 0.25) is 0 Å². The highest BCUT2D eigenvalue weighted by Gasteiger charge is 2.22. The fourth-order valence-electron chi connectivity index (χ4n) is 4.85. The summed E-state index contributed by atoms with van der Waals surface area (Å²) < 4.78 is 26.9. The van der Waals surface area contributed by atoms with Gasteiger partial charge >= 0.3 is 0 Å². The lowest BCUT2D eigenvalue weighted by Crippen LogP contribution is -2.05. The van der Waals surface area contributed by atoms with Crippen LogP contribution >= 0.6 is 0 Å². The standard InChI is InChI=1S/C17H14O5.C15H16O4/c1-20-11-5-3-10(4-6-11)13-9-22-16-12(15(13)19)7-8-14(18)17(16)21-2;1-8-3-4-10-12(18-7-8)6-13-14(15(10)17)11(16)5-9(2)19-13/h3-9,18H,1-2H3;5-6,8,17H,3-4,7H2,1-2H3. The zero-order chi connectivity index (χ0) is 29.3. The van der Waals surface area contributed by atoms with Gasteiger partial charge < -0.3 is 33.3 Å². The monoisotopic (exact) mass is 558 g/mol. The highest BCUT2D eigenvalue weighted by atomic mass is 16.5. The quantitative estimate of drug-likeness (QED) is 0.276. The highest BCUT2D eigenvalue weighted by Crippen LogP contribution is 2.38. The SMILES string of the molecule is COc1ccc(-c2coc3c(OC)c(O)ccc3c2=O)cc1.Cc1cc(=O)c2c(O)c3c(cc2o1)OCC(C)CC3. The third kappa shape index (κ3) is 5.30. The van der Waals surface area contributed by atoms with Crippen LogP contribution in [0.15, 0.2) is 73.2 Å². The fourth-order valence-corrected chi connectivity index (χ4v) is 4.85. The first-order valence-electron chi connectivity index (χ1n) is 13.1. The minimum atomic E-state index is -0.212. The van der Waals surface area contributed by atoms with Crippen molar-refractivity contribution in [3.63, 3.8) is 0 Å². The number of hydrogen-bond acceptors (Lipinski definition) is 9. The molecule has 3 aromatic carbocycles. The van der Waals surface area contributed by atoms with E-state index in [1.165, 1.54) is 31.6 Å². The summed E-state index contributed by atoms with van der Waals surface area (Å²) in [7, 11) is 2.99. The number of aromatic hydroxyl groups is 2. The molecule has 0 bridgehead atoms. The fraction of sp³-hybridized carbons (Fsp3) is 0.250. The van der Waals surface area contributed by atoms with Crippen molar-refractivity contribution >= 4 is 21.9 Å². The highest BCUT2D eigenvalue weighted by molar-refractivity contribution is 5.88. The molecule has 0 amide bonds. The molecule has 9 heteroatoms. The van der Waals surface area contributed by atoms with Crippen molar-refractivity contribution in [3.8, 4) is 39.9 Å². The van der Waals surface area contributed by atoms with Crippen LogP contribution in [0, 0.1) is 12.8 Å². The number of fused-ring (bicyclic) bond motifs is 3. The molecule has 5 aromatic rings. The number of benzene rings is 3. The van der Waals surface area contributed by atoms with E-state index in [-0.39, 0.29) is 39.1 Å². The van der Waals surface area contributed by atoms with Crippen LogP contribution in [-0.2, 0) is 6.42 Å². The predicted octanol–water partition coefficient (Wildman–Crippen LogP) is 5.95. The van der Waals surface area contributed by atoms with Gasteiger partial charge in [-0.25, -0.2) is 0 Å². The zero-order valence-electron chi connectivity index (χ0n) is 23.1. The second kappa shape index (κ2) is 11.3. The van der Waals surface area contributed by atoms with Crippen molar-refractivity contribution in [2.24, 2.45) is 5.92 Å². The Morgan fingerprint density at radius 2 is 1.73 bits per heavy atom. The minimum absolute atomic E-state index is 0.00958. The van der Waals surface area contributed by atoms with Crippen molar-refractivity contribution in [3.05, 3.63) is 86.6 Å². The minimum Gasteiger partial charge on any atom is -0.507 e. The van der Waals surface area contributed by atoms with Crippen molar-refractivity contribution in [2.45, 2.75) is 26.7 Å². The maximum absolute atomic E-state index is 12.6. The maximum Gasteiger partial charge on any atom is 0.204 e. The van der Waals surface area contributed by atoms with Gasteiger partial charge in [0.1, 0.15) is 40.2 Å². The molecule has 9 nitrogen and oxygen atoms in total. The number of rotatable bonds is 3. The summed E-state index contributed by atoms with van der Waals surface area (Å²) in [4.78, 5) is 24.6. The van der Waals surface area contributed by atoms with Crippen molar-refractivity contribution in [2.75, 3.05) is 20.8 Å². The largest absolute Gasteiger partial charge is 0.507 e. The Hall–Kier alpha value is -4.92. The topological polar surface area (TPSA) is 129 Å². The molecule has 1 aliphatic heterocycles. The summed E-state index contributed by atoms with van der Waals surface area (Å²) in [5.41, 5.74) is 2.08. The van der Waals surface area contributed by atoms with E-state index < -0.39 is 0 Å². The van der Waals surface area contributed by atoms with Crippen LogP contribution in [0.25, 0.3) is 33.1 Å². The average Bonchev–Trinajstić information content (AvgIpc) is 3.14. The van der Waals surface area contributed by atoms with Gasteiger partial charge in [0.15, 0.2) is 16.8 Å². The molecule has 2 N–H and O–H groups in total. The summed E-state index contributed by atoms with van der Waals surface area (Å²) in [6.07, 6.45) is 3.02. The maximum atomic E-state index is 12.6. The number of aryl methyl sites for hydroxylation is 1. The normalized spacial score (nSPS) is 14.4. The molecule has 41 heavy (non-hydrogen) atoms. The lowest BCUT2D eigenvalue weighted by atomic mass is 10.00. The molecule has 0 fully saturated rings. The number of phenolic OH excluding ortho intramolecular Hbond substituents is 2. The van der Waals surface area contributed by atoms with Crippen LogP contribution in [0.4, 0.5) is 0 Å². The van der Waals surface area contributed by atoms with E-state index in [1.54, 1.807) is 44.4 Å². The summed E-state index contributed by atoms with van der Waals surface area (Å²) in [5, 5.41) is 20.7. The molecule has 6 rings (SSSR count). The van der Waals surface area contributed by atoms with Crippen LogP contribution in [0.5, 0.6) is 28.7 Å². The van der Waals surface area contributed by atoms with Gasteiger partial charge in [0.25, 0.3) is 0 Å². The molecule has 1 atom stereocenters. The second-order valence-corrected chi connectivity index (χ2v) is 9.95. The van der Waals surface area contributed by atoms with Crippen molar-refractivity contribution in [1.82, 2.24) is 0 Å². The number of hydrogen-bond donors (Lipinski definition) is 2. The Morgan fingerprint density at radius 1 is 0.976 bits per heavy atom. The molecular formula is C32H30O9. The number of phenols is 2. The summed E-state index contributed by atoms with van der Waals surface area (Å²) in [6.45, 7) is 4.44. The molecule has 0 radical (unpaired) electrons. The van der Waals surface area contributed by atoms with Crippen LogP contribution in [0.1, 0.15) is 24.7 Å². The van der Waals surface area contributed by atoms with E-state index in [1.807, 2.05) is 0 Å². The smallest absolute Gasteiger partial charge is 0.204 e. The Morgan fingerprint density at radius 3 is 2.44 bits per heavy atom. The first-order valence-corrected chi connectivity index (χ1v) is 13.1. The zero-order valence-corrected chi connectivity index (χ0v) is 23.1. The van der Waals surface area contributed by atoms with Gasteiger partial charge in [-0.3, -0.25) is 9.59 Å². The Bertz CT molecular complexity index is 1850. The van der Waals surface area contributed by atoms with E-state index in [2.05, 4.69) is 6.92 Å². The average molecular weight is 559 g/mol. The lowest BCUT2D eigenvalue weighted by molar-refractivity contribution is 0.265. The van der Waals surface area contributed by atoms with Gasteiger partial charge in [0, 0.05) is 17.7 Å². The van der Waals surface area contributed by atoms with Crippen LogP contribution in [0.3, 0.4) is 0 Å². The predicted molar refractivity (Wildman–Crippen MR) is 155 cm³/mol. The first-order chi connectivity index (χ1) is 19.7. The van der Waals surface area contributed by atoms with Gasteiger partial charge in [0.05, 0.1) is 31.8 Å².